The molecule has 2 aromatic heterocycles. The largest absolute Gasteiger partial charge is 0.264 e. The summed E-state index contributed by atoms with van der Waals surface area (Å²) in [5.41, 5.74) is 0.533. The van der Waals surface area contributed by atoms with E-state index >= 15 is 0 Å². The number of aromatic nitrogens is 3. The van der Waals surface area contributed by atoms with E-state index in [9.17, 15) is 8.78 Å². The van der Waals surface area contributed by atoms with Gasteiger partial charge in [0.2, 0.25) is 0 Å². The molecule has 2 aromatic carbocycles. The molecule has 0 saturated carbocycles. The quantitative estimate of drug-likeness (QED) is 0.457. The van der Waals surface area contributed by atoms with Crippen LogP contribution in [0, 0.1) is 11.6 Å². The molecule has 0 unspecified atom stereocenters. The van der Waals surface area contributed by atoms with Crippen LogP contribution >= 0.6 is 11.6 Å². The fraction of sp³-hybridized carbons (Fsp3) is 0. The summed E-state index contributed by atoms with van der Waals surface area (Å²) in [5, 5.41) is 0.460. The van der Waals surface area contributed by atoms with Crippen LogP contribution in [0.15, 0.2) is 60.8 Å². The number of benzene rings is 2. The SMILES string of the molecule is [2H]c1nc([2H])c(-c2nc(Cl)c3ccc(-c4cc(F)ccc4F)cc3n2)c([2H])c1[2H]. The van der Waals surface area contributed by atoms with Crippen LogP contribution in [0.5, 0.6) is 0 Å². The molecule has 0 radical (unpaired) electrons. The molecule has 0 N–H and O–H groups in total. The lowest BCUT2D eigenvalue weighted by Crippen LogP contribution is -1.93. The third-order valence-electron chi connectivity index (χ3n) is 3.58. The molecule has 0 fully saturated rings. The van der Waals surface area contributed by atoms with E-state index in [2.05, 4.69) is 15.0 Å². The first-order valence-corrected chi connectivity index (χ1v) is 7.51. The molecule has 0 aliphatic rings. The summed E-state index contributed by atoms with van der Waals surface area (Å²) in [4.78, 5) is 12.0. The van der Waals surface area contributed by atoms with Crippen molar-refractivity contribution >= 4 is 22.5 Å². The summed E-state index contributed by atoms with van der Waals surface area (Å²) in [6, 6.07) is 6.83. The van der Waals surface area contributed by atoms with E-state index in [1.165, 1.54) is 6.07 Å². The average molecular weight is 358 g/mol. The predicted molar refractivity (Wildman–Crippen MR) is 93.1 cm³/mol. The van der Waals surface area contributed by atoms with Crippen LogP contribution in [0.4, 0.5) is 8.78 Å². The molecule has 6 heteroatoms. The van der Waals surface area contributed by atoms with Crippen molar-refractivity contribution in [3.05, 3.63) is 77.6 Å². The summed E-state index contributed by atoms with van der Waals surface area (Å²) >= 11 is 6.23. The molecule has 0 aliphatic heterocycles. The van der Waals surface area contributed by atoms with Crippen molar-refractivity contribution in [1.29, 1.82) is 0 Å². The van der Waals surface area contributed by atoms with Gasteiger partial charge in [-0.2, -0.15) is 0 Å². The summed E-state index contributed by atoms with van der Waals surface area (Å²) in [7, 11) is 0. The standard InChI is InChI=1S/C19H10ClF2N3/c20-18-14-5-3-11(15-9-13(21)4-6-16(15)22)8-17(14)24-19(25-18)12-2-1-7-23-10-12/h1-10H/i1D,2D,7D,10D. The van der Waals surface area contributed by atoms with Crippen molar-refractivity contribution in [3.8, 4) is 22.5 Å². The third-order valence-corrected chi connectivity index (χ3v) is 3.87. The Labute approximate surface area is 152 Å². The van der Waals surface area contributed by atoms with Crippen molar-refractivity contribution < 1.29 is 14.3 Å². The fourth-order valence-electron chi connectivity index (χ4n) is 2.43. The third kappa shape index (κ3) is 2.94. The van der Waals surface area contributed by atoms with Gasteiger partial charge in [0, 0.05) is 28.9 Å². The fourth-order valence-corrected chi connectivity index (χ4v) is 2.66. The Morgan fingerprint density at radius 1 is 1.00 bits per heavy atom. The monoisotopic (exact) mass is 357 g/mol. The number of fused-ring (bicyclic) bond motifs is 1. The molecule has 0 spiro atoms. The molecule has 0 aliphatic carbocycles. The minimum absolute atomic E-state index is 0.0246. The summed E-state index contributed by atoms with van der Waals surface area (Å²) in [6.07, 6.45) is -0.932. The Kier molecular flexibility index (Phi) is 2.87. The maximum absolute atomic E-state index is 14.1. The molecular weight excluding hydrogens is 344 g/mol. The smallest absolute Gasteiger partial charge is 0.163 e. The van der Waals surface area contributed by atoms with Gasteiger partial charge in [-0.25, -0.2) is 18.7 Å². The molecular formula is C19H10ClF2N3. The molecule has 0 amide bonds. The van der Waals surface area contributed by atoms with E-state index in [4.69, 9.17) is 17.1 Å². The van der Waals surface area contributed by atoms with E-state index in [0.29, 0.717) is 10.9 Å². The number of halogens is 3. The minimum Gasteiger partial charge on any atom is -0.264 e. The number of pyridine rings is 1. The van der Waals surface area contributed by atoms with Gasteiger partial charge in [-0.15, -0.1) is 0 Å². The van der Waals surface area contributed by atoms with Crippen LogP contribution in [-0.2, 0) is 0 Å². The van der Waals surface area contributed by atoms with Gasteiger partial charge >= 0.3 is 0 Å². The van der Waals surface area contributed by atoms with E-state index in [-0.39, 0.29) is 27.6 Å². The zero-order valence-corrected chi connectivity index (χ0v) is 13.2. The van der Waals surface area contributed by atoms with Crippen molar-refractivity contribution in [1.82, 2.24) is 15.0 Å². The van der Waals surface area contributed by atoms with E-state index in [1.54, 1.807) is 12.1 Å². The van der Waals surface area contributed by atoms with Crippen molar-refractivity contribution in [2.75, 3.05) is 0 Å². The molecule has 2 heterocycles. The second-order valence-corrected chi connectivity index (χ2v) is 5.51. The normalized spacial score (nSPS) is 13.2. The highest BCUT2D eigenvalue weighted by Crippen LogP contribution is 2.30. The van der Waals surface area contributed by atoms with Crippen LogP contribution in [0.25, 0.3) is 33.4 Å². The molecule has 122 valence electrons. The highest BCUT2D eigenvalue weighted by molar-refractivity contribution is 6.34. The Hall–Kier alpha value is -2.92. The predicted octanol–water partition coefficient (Wildman–Crippen LogP) is 5.29. The Balaban J connectivity index is 1.96. The van der Waals surface area contributed by atoms with Crippen LogP contribution in [0.1, 0.15) is 5.48 Å². The second-order valence-electron chi connectivity index (χ2n) is 5.15. The van der Waals surface area contributed by atoms with Gasteiger partial charge in [0.25, 0.3) is 0 Å². The van der Waals surface area contributed by atoms with E-state index in [1.807, 2.05) is 0 Å². The first kappa shape index (κ1) is 11.6. The molecule has 4 aromatic rings. The van der Waals surface area contributed by atoms with Crippen molar-refractivity contribution in [3.63, 3.8) is 0 Å². The Morgan fingerprint density at radius 3 is 2.76 bits per heavy atom. The van der Waals surface area contributed by atoms with Gasteiger partial charge < -0.3 is 0 Å². The summed E-state index contributed by atoms with van der Waals surface area (Å²) in [6.45, 7) is 0. The lowest BCUT2D eigenvalue weighted by Gasteiger charge is -2.08. The van der Waals surface area contributed by atoms with Crippen LogP contribution in [0.2, 0.25) is 5.15 Å². The number of rotatable bonds is 2. The van der Waals surface area contributed by atoms with Gasteiger partial charge in [0.15, 0.2) is 5.82 Å². The number of nitrogens with zero attached hydrogens (tertiary/aromatic N) is 3. The zero-order valence-electron chi connectivity index (χ0n) is 16.4. The minimum atomic E-state index is -0.609. The van der Waals surface area contributed by atoms with Gasteiger partial charge in [-0.05, 0) is 48.0 Å². The van der Waals surface area contributed by atoms with Gasteiger partial charge in [0.1, 0.15) is 16.8 Å². The van der Waals surface area contributed by atoms with Gasteiger partial charge in [-0.1, -0.05) is 17.7 Å². The molecule has 3 nitrogen and oxygen atoms in total. The highest BCUT2D eigenvalue weighted by atomic mass is 35.5. The Morgan fingerprint density at radius 2 is 1.88 bits per heavy atom. The van der Waals surface area contributed by atoms with Crippen molar-refractivity contribution in [2.45, 2.75) is 0 Å². The molecule has 4 rings (SSSR count). The summed E-state index contributed by atoms with van der Waals surface area (Å²) < 4.78 is 59.0. The molecule has 0 saturated heterocycles. The van der Waals surface area contributed by atoms with E-state index < -0.39 is 36.1 Å². The average Bonchev–Trinajstić information content (AvgIpc) is 2.67. The van der Waals surface area contributed by atoms with Crippen molar-refractivity contribution in [2.24, 2.45) is 0 Å². The van der Waals surface area contributed by atoms with Gasteiger partial charge in [-0.3, -0.25) is 4.98 Å². The first-order valence-electron chi connectivity index (χ1n) is 9.13. The summed E-state index contributed by atoms with van der Waals surface area (Å²) in [5.74, 6) is -1.32. The van der Waals surface area contributed by atoms with Crippen LogP contribution in [-0.4, -0.2) is 15.0 Å². The van der Waals surface area contributed by atoms with Gasteiger partial charge in [0.05, 0.1) is 11.0 Å². The maximum atomic E-state index is 14.1. The first-order chi connectivity index (χ1) is 13.8. The van der Waals surface area contributed by atoms with Crippen LogP contribution in [0.3, 0.4) is 0 Å². The number of hydrogen-bond donors (Lipinski definition) is 0. The lowest BCUT2D eigenvalue weighted by molar-refractivity contribution is 0.603. The molecule has 0 atom stereocenters. The number of hydrogen-bond acceptors (Lipinski definition) is 3. The van der Waals surface area contributed by atoms with E-state index in [0.717, 1.165) is 18.2 Å². The molecule has 0 bridgehead atoms. The topological polar surface area (TPSA) is 38.7 Å². The lowest BCUT2D eigenvalue weighted by atomic mass is 10.0. The second kappa shape index (κ2) is 6.18. The zero-order chi connectivity index (χ0) is 20.9. The Bertz CT molecular complexity index is 1300. The molecule has 25 heavy (non-hydrogen) atoms. The maximum Gasteiger partial charge on any atom is 0.163 e. The van der Waals surface area contributed by atoms with Crippen LogP contribution < -0.4 is 0 Å². The highest BCUT2D eigenvalue weighted by Gasteiger charge is 2.12.